The highest BCUT2D eigenvalue weighted by atomic mass is 16.6. The van der Waals surface area contributed by atoms with E-state index in [9.17, 15) is 14.9 Å². The van der Waals surface area contributed by atoms with Crippen molar-refractivity contribution in [1.82, 2.24) is 4.90 Å². The average Bonchev–Trinajstić information content (AvgIpc) is 2.48. The summed E-state index contributed by atoms with van der Waals surface area (Å²) in [4.78, 5) is 24.4. The van der Waals surface area contributed by atoms with Gasteiger partial charge in [-0.05, 0) is 11.1 Å². The summed E-state index contributed by atoms with van der Waals surface area (Å²) in [7, 11) is 0. The van der Waals surface area contributed by atoms with Gasteiger partial charge in [0.25, 0.3) is 5.69 Å². The van der Waals surface area contributed by atoms with Gasteiger partial charge in [-0.3, -0.25) is 19.8 Å². The van der Waals surface area contributed by atoms with E-state index in [2.05, 4.69) is 0 Å². The van der Waals surface area contributed by atoms with Crippen LogP contribution in [0.4, 0.5) is 5.69 Å². The summed E-state index contributed by atoms with van der Waals surface area (Å²) in [5, 5.41) is 10.6. The van der Waals surface area contributed by atoms with Crippen molar-refractivity contribution < 1.29 is 9.72 Å². The zero-order valence-corrected chi connectivity index (χ0v) is 11.4. The summed E-state index contributed by atoms with van der Waals surface area (Å²) in [5.41, 5.74) is 2.89. The minimum Gasteiger partial charge on any atom is -0.293 e. The predicted octanol–water partition coefficient (Wildman–Crippen LogP) is 2.79. The van der Waals surface area contributed by atoms with Crippen LogP contribution >= 0.6 is 0 Å². The fraction of sp³-hybridized carbons (Fsp3) is 0.188. The predicted molar refractivity (Wildman–Crippen MR) is 78.0 cm³/mol. The van der Waals surface area contributed by atoms with Crippen molar-refractivity contribution in [3.05, 3.63) is 75.3 Å². The number of nitro benzene ring substituents is 1. The molecule has 21 heavy (non-hydrogen) atoms. The van der Waals surface area contributed by atoms with Gasteiger partial charge in [0.15, 0.2) is 5.78 Å². The zero-order chi connectivity index (χ0) is 14.8. The molecule has 0 spiro atoms. The van der Waals surface area contributed by atoms with Crippen molar-refractivity contribution >= 4 is 11.5 Å². The van der Waals surface area contributed by atoms with Crippen LogP contribution in [-0.4, -0.2) is 22.2 Å². The lowest BCUT2D eigenvalue weighted by atomic mass is 9.98. The summed E-state index contributed by atoms with van der Waals surface area (Å²) in [6.07, 6.45) is 0. The minimum atomic E-state index is -0.412. The van der Waals surface area contributed by atoms with Crippen LogP contribution in [0.1, 0.15) is 21.5 Å². The summed E-state index contributed by atoms with van der Waals surface area (Å²) >= 11 is 0. The molecule has 2 aromatic rings. The Morgan fingerprint density at radius 2 is 1.76 bits per heavy atom. The maximum absolute atomic E-state index is 12.1. The molecule has 0 radical (unpaired) electrons. The summed E-state index contributed by atoms with van der Waals surface area (Å²) in [5.74, 6) is 0.124. The fourth-order valence-corrected chi connectivity index (χ4v) is 2.61. The quantitative estimate of drug-likeness (QED) is 0.641. The van der Waals surface area contributed by atoms with Crippen LogP contribution < -0.4 is 0 Å². The van der Waals surface area contributed by atoms with Gasteiger partial charge in [0.05, 0.1) is 11.5 Å². The van der Waals surface area contributed by atoms with Gasteiger partial charge in [0.2, 0.25) is 0 Å². The number of ketones is 1. The lowest BCUT2D eigenvalue weighted by molar-refractivity contribution is -0.384. The van der Waals surface area contributed by atoms with Crippen molar-refractivity contribution in [2.24, 2.45) is 0 Å². The maximum atomic E-state index is 12.1. The normalized spacial score (nSPS) is 14.8. The first-order valence-corrected chi connectivity index (χ1v) is 6.70. The zero-order valence-electron chi connectivity index (χ0n) is 11.4. The molecular formula is C16H14N2O3. The lowest BCUT2D eigenvalue weighted by Crippen LogP contribution is -2.34. The monoisotopic (exact) mass is 282 g/mol. The summed E-state index contributed by atoms with van der Waals surface area (Å²) in [6, 6.07) is 14.1. The molecule has 0 aliphatic carbocycles. The van der Waals surface area contributed by atoms with E-state index in [1.807, 2.05) is 29.2 Å². The van der Waals surface area contributed by atoms with E-state index in [1.165, 1.54) is 12.1 Å². The Bertz CT molecular complexity index is 695. The van der Waals surface area contributed by atoms with E-state index in [0.717, 1.165) is 23.2 Å². The number of non-ortho nitro benzene ring substituents is 1. The molecule has 0 bridgehead atoms. The largest absolute Gasteiger partial charge is 0.293 e. The van der Waals surface area contributed by atoms with Crippen LogP contribution in [-0.2, 0) is 13.1 Å². The second-order valence-electron chi connectivity index (χ2n) is 5.15. The van der Waals surface area contributed by atoms with Gasteiger partial charge in [0, 0.05) is 30.8 Å². The standard InChI is InChI=1S/C16H14N2O3/c19-16-11-17(10-13-3-1-2-4-15(13)16)9-12-5-7-14(8-6-12)18(20)21/h1-8H,9-11H2. The molecule has 5 heteroatoms. The van der Waals surface area contributed by atoms with Crippen molar-refractivity contribution in [2.45, 2.75) is 13.1 Å². The number of hydrogen-bond donors (Lipinski definition) is 0. The van der Waals surface area contributed by atoms with Crippen LogP contribution in [0.25, 0.3) is 0 Å². The van der Waals surface area contributed by atoms with E-state index < -0.39 is 4.92 Å². The summed E-state index contributed by atoms with van der Waals surface area (Å²) < 4.78 is 0. The Morgan fingerprint density at radius 1 is 1.05 bits per heavy atom. The Labute approximate surface area is 122 Å². The third-order valence-electron chi connectivity index (χ3n) is 3.63. The molecule has 0 fully saturated rings. The van der Waals surface area contributed by atoms with Crippen LogP contribution in [0, 0.1) is 10.1 Å². The number of fused-ring (bicyclic) bond motifs is 1. The first kappa shape index (κ1) is 13.5. The highest BCUT2D eigenvalue weighted by molar-refractivity contribution is 5.99. The van der Waals surface area contributed by atoms with Gasteiger partial charge in [0.1, 0.15) is 0 Å². The molecule has 0 saturated carbocycles. The molecule has 106 valence electrons. The molecule has 5 nitrogen and oxygen atoms in total. The van der Waals surface area contributed by atoms with Crippen molar-refractivity contribution in [2.75, 3.05) is 6.54 Å². The highest BCUT2D eigenvalue weighted by Crippen LogP contribution is 2.21. The Hall–Kier alpha value is -2.53. The molecule has 0 atom stereocenters. The molecule has 0 N–H and O–H groups in total. The van der Waals surface area contributed by atoms with Crippen molar-refractivity contribution in [3.63, 3.8) is 0 Å². The number of nitro groups is 1. The molecule has 1 aliphatic rings. The second kappa shape index (κ2) is 5.46. The lowest BCUT2D eigenvalue weighted by Gasteiger charge is -2.27. The number of carbonyl (C=O) groups is 1. The molecular weight excluding hydrogens is 268 g/mol. The van der Waals surface area contributed by atoms with Crippen molar-refractivity contribution in [1.29, 1.82) is 0 Å². The average molecular weight is 282 g/mol. The number of rotatable bonds is 3. The molecule has 1 heterocycles. The van der Waals surface area contributed by atoms with Crippen LogP contribution in [0.2, 0.25) is 0 Å². The van der Waals surface area contributed by atoms with Gasteiger partial charge in [-0.25, -0.2) is 0 Å². The van der Waals surface area contributed by atoms with E-state index in [0.29, 0.717) is 13.1 Å². The van der Waals surface area contributed by atoms with E-state index in [4.69, 9.17) is 0 Å². The smallest absolute Gasteiger partial charge is 0.269 e. The van der Waals surface area contributed by atoms with Crippen LogP contribution in [0.3, 0.4) is 0 Å². The molecule has 1 aliphatic heterocycles. The molecule has 2 aromatic carbocycles. The molecule has 0 saturated heterocycles. The van der Waals surface area contributed by atoms with Gasteiger partial charge < -0.3 is 0 Å². The van der Waals surface area contributed by atoms with Crippen molar-refractivity contribution in [3.8, 4) is 0 Å². The van der Waals surface area contributed by atoms with Gasteiger partial charge in [-0.1, -0.05) is 36.4 Å². The topological polar surface area (TPSA) is 63.5 Å². The van der Waals surface area contributed by atoms with E-state index in [-0.39, 0.29) is 11.5 Å². The number of carbonyl (C=O) groups excluding carboxylic acids is 1. The number of hydrogen-bond acceptors (Lipinski definition) is 4. The van der Waals surface area contributed by atoms with E-state index >= 15 is 0 Å². The van der Waals surface area contributed by atoms with Crippen LogP contribution in [0.15, 0.2) is 48.5 Å². The fourth-order valence-electron chi connectivity index (χ4n) is 2.61. The van der Waals surface area contributed by atoms with Gasteiger partial charge >= 0.3 is 0 Å². The Balaban J connectivity index is 1.75. The first-order valence-electron chi connectivity index (χ1n) is 6.70. The summed E-state index contributed by atoms with van der Waals surface area (Å²) in [6.45, 7) is 1.71. The Morgan fingerprint density at radius 3 is 2.48 bits per heavy atom. The number of nitrogens with zero attached hydrogens (tertiary/aromatic N) is 2. The molecule has 3 rings (SSSR count). The molecule has 0 unspecified atom stereocenters. The van der Waals surface area contributed by atoms with E-state index in [1.54, 1.807) is 12.1 Å². The Kier molecular flexibility index (Phi) is 3.50. The first-order chi connectivity index (χ1) is 10.1. The highest BCUT2D eigenvalue weighted by Gasteiger charge is 2.22. The molecule has 0 amide bonds. The number of Topliss-reactive ketones (excluding diaryl/α,β-unsaturated/α-hetero) is 1. The molecule has 0 aromatic heterocycles. The SMILES string of the molecule is O=C1CN(Cc2ccc([N+](=O)[O-])cc2)Cc2ccccc21. The van der Waals surface area contributed by atoms with Crippen LogP contribution in [0.5, 0.6) is 0 Å². The third-order valence-corrected chi connectivity index (χ3v) is 3.63. The van der Waals surface area contributed by atoms with Gasteiger partial charge in [-0.2, -0.15) is 0 Å². The number of benzene rings is 2. The maximum Gasteiger partial charge on any atom is 0.269 e. The van der Waals surface area contributed by atoms with Gasteiger partial charge in [-0.15, -0.1) is 0 Å². The second-order valence-corrected chi connectivity index (χ2v) is 5.15. The minimum absolute atomic E-state index is 0.0822. The third kappa shape index (κ3) is 2.83.